The number of hydrogen-bond acceptors (Lipinski definition) is 3. The van der Waals surface area contributed by atoms with Gasteiger partial charge in [-0.15, -0.1) is 0 Å². The lowest BCUT2D eigenvalue weighted by molar-refractivity contribution is 0.0611. The molecule has 0 aromatic heterocycles. The van der Waals surface area contributed by atoms with Gasteiger partial charge in [-0.3, -0.25) is 0 Å². The fourth-order valence-electron chi connectivity index (χ4n) is 1.99. The summed E-state index contributed by atoms with van der Waals surface area (Å²) in [5.74, 6) is 0.834. The fourth-order valence-corrected chi connectivity index (χ4v) is 1.99. The highest BCUT2D eigenvalue weighted by molar-refractivity contribution is 4.70. The van der Waals surface area contributed by atoms with Crippen LogP contribution < -0.4 is 5.32 Å². The van der Waals surface area contributed by atoms with E-state index in [1.807, 2.05) is 0 Å². The molecule has 1 saturated heterocycles. The minimum Gasteiger partial charge on any atom is -0.396 e. The van der Waals surface area contributed by atoms with Gasteiger partial charge < -0.3 is 15.2 Å². The summed E-state index contributed by atoms with van der Waals surface area (Å²) in [6.45, 7) is 5.33. The first kappa shape index (κ1) is 12.0. The molecule has 1 fully saturated rings. The molecule has 1 aliphatic rings. The summed E-state index contributed by atoms with van der Waals surface area (Å²) in [5, 5.41) is 12.1. The fraction of sp³-hybridized carbons (Fsp3) is 1.00. The molecule has 3 nitrogen and oxygen atoms in total. The van der Waals surface area contributed by atoms with E-state index in [2.05, 4.69) is 12.2 Å². The molecular formula is C11H23NO2. The van der Waals surface area contributed by atoms with Crippen molar-refractivity contribution in [1.29, 1.82) is 0 Å². The Kier molecular flexibility index (Phi) is 6.15. The molecule has 14 heavy (non-hydrogen) atoms. The van der Waals surface area contributed by atoms with E-state index in [1.165, 1.54) is 19.3 Å². The van der Waals surface area contributed by atoms with Gasteiger partial charge >= 0.3 is 0 Å². The second kappa shape index (κ2) is 7.21. The molecular weight excluding hydrogens is 178 g/mol. The molecule has 0 bridgehead atoms. The highest BCUT2D eigenvalue weighted by Gasteiger charge is 2.16. The van der Waals surface area contributed by atoms with Crippen LogP contribution in [0.1, 0.15) is 32.6 Å². The van der Waals surface area contributed by atoms with E-state index in [9.17, 15) is 0 Å². The van der Waals surface area contributed by atoms with E-state index >= 15 is 0 Å². The lowest BCUT2D eigenvalue weighted by Gasteiger charge is -2.25. The predicted molar refractivity (Wildman–Crippen MR) is 57.3 cm³/mol. The van der Waals surface area contributed by atoms with E-state index in [-0.39, 0.29) is 6.61 Å². The van der Waals surface area contributed by atoms with Crippen molar-refractivity contribution in [3.63, 3.8) is 0 Å². The van der Waals surface area contributed by atoms with Crippen LogP contribution in [-0.2, 0) is 4.74 Å². The van der Waals surface area contributed by atoms with Crippen molar-refractivity contribution in [2.75, 3.05) is 26.4 Å². The smallest absolute Gasteiger partial charge is 0.0468 e. The van der Waals surface area contributed by atoms with Crippen LogP contribution in [0.15, 0.2) is 0 Å². The average Bonchev–Trinajstić information content (AvgIpc) is 2.20. The molecule has 0 aromatic rings. The first-order valence-electron chi connectivity index (χ1n) is 5.75. The number of hydrogen-bond donors (Lipinski definition) is 2. The van der Waals surface area contributed by atoms with E-state index in [0.29, 0.717) is 6.04 Å². The number of rotatable bonds is 6. The molecule has 1 heterocycles. The molecule has 0 spiro atoms. The third kappa shape index (κ3) is 4.94. The minimum atomic E-state index is 0.289. The Bertz CT molecular complexity index is 135. The second-order valence-electron chi connectivity index (χ2n) is 4.22. The van der Waals surface area contributed by atoms with Gasteiger partial charge in [0, 0.05) is 25.9 Å². The number of nitrogens with one attached hydrogen (secondary N) is 1. The molecule has 3 heteroatoms. The van der Waals surface area contributed by atoms with Gasteiger partial charge in [0.15, 0.2) is 0 Å². The topological polar surface area (TPSA) is 41.5 Å². The van der Waals surface area contributed by atoms with Crippen LogP contribution in [0.3, 0.4) is 0 Å². The van der Waals surface area contributed by atoms with Gasteiger partial charge in [-0.05, 0) is 45.1 Å². The van der Waals surface area contributed by atoms with Crippen molar-refractivity contribution in [3.05, 3.63) is 0 Å². The normalized spacial score (nSPS) is 21.0. The van der Waals surface area contributed by atoms with Gasteiger partial charge in [0.05, 0.1) is 0 Å². The zero-order valence-corrected chi connectivity index (χ0v) is 9.17. The molecule has 1 atom stereocenters. The SMILES string of the molecule is CC(CC1CCOCC1)NCCCO. The van der Waals surface area contributed by atoms with Crippen molar-refractivity contribution >= 4 is 0 Å². The Balaban J connectivity index is 2.03. The van der Waals surface area contributed by atoms with Gasteiger partial charge in [0.1, 0.15) is 0 Å². The van der Waals surface area contributed by atoms with Gasteiger partial charge in [0.25, 0.3) is 0 Å². The third-order valence-electron chi connectivity index (χ3n) is 2.86. The Morgan fingerprint density at radius 2 is 2.14 bits per heavy atom. The van der Waals surface area contributed by atoms with E-state index in [0.717, 1.165) is 32.1 Å². The summed E-state index contributed by atoms with van der Waals surface area (Å²) in [6, 6.07) is 0.574. The summed E-state index contributed by atoms with van der Waals surface area (Å²) in [6.07, 6.45) is 4.53. The Morgan fingerprint density at radius 3 is 2.79 bits per heavy atom. The van der Waals surface area contributed by atoms with Crippen LogP contribution in [0.5, 0.6) is 0 Å². The maximum Gasteiger partial charge on any atom is 0.0468 e. The lowest BCUT2D eigenvalue weighted by Crippen LogP contribution is -2.31. The van der Waals surface area contributed by atoms with Crippen molar-refractivity contribution in [3.8, 4) is 0 Å². The van der Waals surface area contributed by atoms with Crippen LogP contribution in [0.2, 0.25) is 0 Å². The maximum absolute atomic E-state index is 8.64. The molecule has 84 valence electrons. The molecule has 0 radical (unpaired) electrons. The van der Waals surface area contributed by atoms with E-state index in [1.54, 1.807) is 0 Å². The summed E-state index contributed by atoms with van der Waals surface area (Å²) in [5.41, 5.74) is 0. The van der Waals surface area contributed by atoms with Crippen molar-refractivity contribution < 1.29 is 9.84 Å². The highest BCUT2D eigenvalue weighted by atomic mass is 16.5. The molecule has 0 aliphatic carbocycles. The lowest BCUT2D eigenvalue weighted by atomic mass is 9.93. The molecule has 0 amide bonds. The Morgan fingerprint density at radius 1 is 1.43 bits per heavy atom. The molecule has 1 aliphatic heterocycles. The molecule has 0 saturated carbocycles. The maximum atomic E-state index is 8.64. The average molecular weight is 201 g/mol. The number of aliphatic hydroxyl groups excluding tert-OH is 1. The van der Waals surface area contributed by atoms with Gasteiger partial charge in [-0.1, -0.05) is 0 Å². The van der Waals surface area contributed by atoms with Crippen molar-refractivity contribution in [2.24, 2.45) is 5.92 Å². The first-order valence-corrected chi connectivity index (χ1v) is 5.75. The van der Waals surface area contributed by atoms with Crippen molar-refractivity contribution in [2.45, 2.75) is 38.6 Å². The largest absolute Gasteiger partial charge is 0.396 e. The molecule has 1 unspecified atom stereocenters. The monoisotopic (exact) mass is 201 g/mol. The zero-order chi connectivity index (χ0) is 10.2. The third-order valence-corrected chi connectivity index (χ3v) is 2.86. The van der Waals surface area contributed by atoms with Crippen LogP contribution in [0.4, 0.5) is 0 Å². The summed E-state index contributed by atoms with van der Waals surface area (Å²) in [4.78, 5) is 0. The van der Waals surface area contributed by atoms with Crippen LogP contribution in [0.25, 0.3) is 0 Å². The van der Waals surface area contributed by atoms with Crippen LogP contribution in [-0.4, -0.2) is 37.5 Å². The highest BCUT2D eigenvalue weighted by Crippen LogP contribution is 2.19. The van der Waals surface area contributed by atoms with E-state index in [4.69, 9.17) is 9.84 Å². The van der Waals surface area contributed by atoms with Gasteiger partial charge in [-0.25, -0.2) is 0 Å². The summed E-state index contributed by atoms with van der Waals surface area (Å²) >= 11 is 0. The molecule has 2 N–H and O–H groups in total. The molecule has 1 rings (SSSR count). The van der Waals surface area contributed by atoms with Crippen molar-refractivity contribution in [1.82, 2.24) is 5.32 Å². The van der Waals surface area contributed by atoms with Crippen LogP contribution in [0, 0.1) is 5.92 Å². The minimum absolute atomic E-state index is 0.289. The molecule has 0 aromatic carbocycles. The standard InChI is InChI=1S/C11H23NO2/c1-10(12-5-2-6-13)9-11-3-7-14-8-4-11/h10-13H,2-9H2,1H3. The quantitative estimate of drug-likeness (QED) is 0.634. The Labute approximate surface area is 86.8 Å². The summed E-state index contributed by atoms with van der Waals surface area (Å²) < 4.78 is 5.33. The zero-order valence-electron chi connectivity index (χ0n) is 9.17. The number of aliphatic hydroxyl groups is 1. The Hall–Kier alpha value is -0.120. The summed E-state index contributed by atoms with van der Waals surface area (Å²) in [7, 11) is 0. The van der Waals surface area contributed by atoms with Crippen LogP contribution >= 0.6 is 0 Å². The number of ether oxygens (including phenoxy) is 1. The van der Waals surface area contributed by atoms with E-state index < -0.39 is 0 Å². The van der Waals surface area contributed by atoms with Gasteiger partial charge in [-0.2, -0.15) is 0 Å². The second-order valence-corrected chi connectivity index (χ2v) is 4.22. The first-order chi connectivity index (χ1) is 6.83. The van der Waals surface area contributed by atoms with Gasteiger partial charge in [0.2, 0.25) is 0 Å². The predicted octanol–water partition coefficient (Wildman–Crippen LogP) is 1.16.